The predicted octanol–water partition coefficient (Wildman–Crippen LogP) is 0.415. The fourth-order valence-electron chi connectivity index (χ4n) is 2.27. The summed E-state index contributed by atoms with van der Waals surface area (Å²) in [5.74, 6) is -1.83. The van der Waals surface area contributed by atoms with Gasteiger partial charge in [0.2, 0.25) is 10.0 Å². The van der Waals surface area contributed by atoms with Gasteiger partial charge in [0.15, 0.2) is 5.75 Å². The lowest BCUT2D eigenvalue weighted by atomic mass is 9.77. The van der Waals surface area contributed by atoms with Gasteiger partial charge in [-0.3, -0.25) is 4.79 Å². The molecule has 0 bridgehead atoms. The number of sulfonamides is 1. The van der Waals surface area contributed by atoms with Gasteiger partial charge < -0.3 is 5.11 Å². The minimum atomic E-state index is -3.81. The molecule has 0 spiro atoms. The molecule has 0 radical (unpaired) electrons. The van der Waals surface area contributed by atoms with Crippen molar-refractivity contribution < 1.29 is 18.3 Å². The summed E-state index contributed by atoms with van der Waals surface area (Å²) in [4.78, 5) is 11.2. The van der Waals surface area contributed by atoms with Crippen LogP contribution in [-0.2, 0) is 14.8 Å². The highest BCUT2D eigenvalue weighted by atomic mass is 32.2. The smallest absolute Gasteiger partial charge is 0.322 e. The lowest BCUT2D eigenvalue weighted by Crippen LogP contribution is -2.56. The monoisotopic (exact) mass is 260 g/mol. The summed E-state index contributed by atoms with van der Waals surface area (Å²) in [7, 11) is -3.81. The Labute approximate surface area is 101 Å². The van der Waals surface area contributed by atoms with Crippen LogP contribution in [0.2, 0.25) is 0 Å². The van der Waals surface area contributed by atoms with E-state index in [4.69, 9.17) is 5.26 Å². The van der Waals surface area contributed by atoms with E-state index in [0.29, 0.717) is 12.8 Å². The van der Waals surface area contributed by atoms with Crippen LogP contribution in [0.5, 0.6) is 0 Å². The summed E-state index contributed by atoms with van der Waals surface area (Å²) < 4.78 is 24.6. The summed E-state index contributed by atoms with van der Waals surface area (Å²) in [6.07, 6.45) is 1.27. The average Bonchev–Trinajstić information content (AvgIpc) is 2.14. The molecule has 1 heterocycles. The number of aliphatic carboxylic acids is 1. The quantitative estimate of drug-likeness (QED) is 0.792. The average molecular weight is 260 g/mol. The molecule has 1 atom stereocenters. The van der Waals surface area contributed by atoms with Gasteiger partial charge in [-0.1, -0.05) is 13.8 Å². The van der Waals surface area contributed by atoms with Crippen LogP contribution in [0.4, 0.5) is 0 Å². The fraction of sp³-hybridized carbons (Fsp3) is 0.800. The molecule has 1 aliphatic rings. The minimum Gasteiger partial charge on any atom is -0.480 e. The summed E-state index contributed by atoms with van der Waals surface area (Å²) in [6, 6.07) is 0.481. The lowest BCUT2D eigenvalue weighted by Gasteiger charge is -2.42. The molecule has 1 aliphatic heterocycles. The summed E-state index contributed by atoms with van der Waals surface area (Å²) in [5.41, 5.74) is -0.618. The number of nitriles is 1. The number of carboxylic acid groups (broad SMARTS) is 1. The molecule has 0 aromatic carbocycles. The number of piperidine rings is 1. The van der Waals surface area contributed by atoms with E-state index in [2.05, 4.69) is 0 Å². The molecule has 6 nitrogen and oxygen atoms in total. The third-order valence-electron chi connectivity index (χ3n) is 3.07. The van der Waals surface area contributed by atoms with Crippen molar-refractivity contribution in [2.45, 2.75) is 32.7 Å². The maximum atomic E-state index is 11.8. The van der Waals surface area contributed by atoms with Gasteiger partial charge in [-0.25, -0.2) is 8.42 Å². The molecule has 7 heteroatoms. The first-order chi connectivity index (χ1) is 7.72. The molecule has 0 aromatic heterocycles. The van der Waals surface area contributed by atoms with E-state index in [9.17, 15) is 18.3 Å². The number of hydrogen-bond donors (Lipinski definition) is 1. The number of hydrogen-bond acceptors (Lipinski definition) is 4. The topological polar surface area (TPSA) is 98.5 Å². The highest BCUT2D eigenvalue weighted by Gasteiger charge is 2.47. The van der Waals surface area contributed by atoms with Crippen LogP contribution in [0.15, 0.2) is 0 Å². The van der Waals surface area contributed by atoms with Crippen molar-refractivity contribution in [1.82, 2.24) is 4.31 Å². The van der Waals surface area contributed by atoms with Gasteiger partial charge in [0.05, 0.1) is 6.07 Å². The molecule has 1 unspecified atom stereocenters. The largest absolute Gasteiger partial charge is 0.480 e. The van der Waals surface area contributed by atoms with Crippen LogP contribution in [0.1, 0.15) is 26.7 Å². The van der Waals surface area contributed by atoms with E-state index in [0.717, 1.165) is 4.31 Å². The number of nitrogens with zero attached hydrogens (tertiary/aromatic N) is 2. The Hall–Kier alpha value is -1.13. The van der Waals surface area contributed by atoms with Crippen molar-refractivity contribution in [2.75, 3.05) is 12.3 Å². The van der Waals surface area contributed by atoms with E-state index in [-0.39, 0.29) is 6.54 Å². The molecular formula is C10H16N2O4S. The van der Waals surface area contributed by atoms with Crippen LogP contribution in [0.25, 0.3) is 0 Å². The molecule has 1 N–H and O–H groups in total. The molecule has 0 aromatic rings. The molecule has 0 amide bonds. The van der Waals surface area contributed by atoms with E-state index in [1.54, 1.807) is 19.9 Å². The number of carboxylic acids is 1. The standard InChI is InChI=1S/C10H16N2O4S/c1-10(2)4-3-6-12(8(10)9(13)14)17(15,16)7-5-11/h8H,3-4,6-7H2,1-2H3,(H,13,14). The van der Waals surface area contributed by atoms with Crippen molar-refractivity contribution in [2.24, 2.45) is 5.41 Å². The Bertz CT molecular complexity index is 449. The molecule has 17 heavy (non-hydrogen) atoms. The van der Waals surface area contributed by atoms with E-state index in [1.807, 2.05) is 0 Å². The SMILES string of the molecule is CC1(C)CCCN(S(=O)(=O)CC#N)C1C(=O)O. The first-order valence-electron chi connectivity index (χ1n) is 5.31. The van der Waals surface area contributed by atoms with Crippen LogP contribution in [0, 0.1) is 16.7 Å². The van der Waals surface area contributed by atoms with Crippen LogP contribution < -0.4 is 0 Å². The van der Waals surface area contributed by atoms with Gasteiger partial charge in [0.1, 0.15) is 6.04 Å². The van der Waals surface area contributed by atoms with Crippen LogP contribution in [0.3, 0.4) is 0 Å². The predicted molar refractivity (Wildman–Crippen MR) is 60.5 cm³/mol. The van der Waals surface area contributed by atoms with Crippen LogP contribution in [-0.4, -0.2) is 42.1 Å². The van der Waals surface area contributed by atoms with E-state index in [1.165, 1.54) is 0 Å². The van der Waals surface area contributed by atoms with Crippen molar-refractivity contribution in [3.05, 3.63) is 0 Å². The van der Waals surface area contributed by atoms with Gasteiger partial charge in [-0.15, -0.1) is 0 Å². The maximum Gasteiger partial charge on any atom is 0.322 e. The maximum absolute atomic E-state index is 11.8. The zero-order valence-corrected chi connectivity index (χ0v) is 10.7. The van der Waals surface area contributed by atoms with Crippen molar-refractivity contribution in [1.29, 1.82) is 5.26 Å². The Morgan fingerprint density at radius 3 is 2.65 bits per heavy atom. The van der Waals surface area contributed by atoms with Crippen molar-refractivity contribution in [3.8, 4) is 6.07 Å². The lowest BCUT2D eigenvalue weighted by molar-refractivity contribution is -0.147. The fourth-order valence-corrected chi connectivity index (χ4v) is 3.70. The van der Waals surface area contributed by atoms with Crippen molar-refractivity contribution in [3.63, 3.8) is 0 Å². The molecule has 96 valence electrons. The number of carbonyl (C=O) groups is 1. The molecule has 1 fully saturated rings. The third kappa shape index (κ3) is 2.76. The highest BCUT2D eigenvalue weighted by molar-refractivity contribution is 7.89. The Morgan fingerprint density at radius 2 is 2.18 bits per heavy atom. The van der Waals surface area contributed by atoms with Gasteiger partial charge >= 0.3 is 5.97 Å². The van der Waals surface area contributed by atoms with E-state index >= 15 is 0 Å². The Balaban J connectivity index is 3.14. The first-order valence-corrected chi connectivity index (χ1v) is 6.92. The second-order valence-electron chi connectivity index (χ2n) is 4.86. The van der Waals surface area contributed by atoms with E-state index < -0.39 is 33.2 Å². The zero-order chi connectivity index (χ0) is 13.3. The second kappa shape index (κ2) is 4.63. The van der Waals surface area contributed by atoms with Gasteiger partial charge in [0, 0.05) is 6.54 Å². The summed E-state index contributed by atoms with van der Waals surface area (Å²) in [5, 5.41) is 17.7. The molecule has 0 aliphatic carbocycles. The summed E-state index contributed by atoms with van der Waals surface area (Å²) in [6.45, 7) is 3.64. The minimum absolute atomic E-state index is 0.171. The Morgan fingerprint density at radius 1 is 1.59 bits per heavy atom. The third-order valence-corrected chi connectivity index (χ3v) is 4.67. The van der Waals surface area contributed by atoms with Gasteiger partial charge in [-0.2, -0.15) is 9.57 Å². The zero-order valence-electron chi connectivity index (χ0n) is 9.88. The normalized spacial score (nSPS) is 25.1. The first kappa shape index (κ1) is 13.9. The van der Waals surface area contributed by atoms with Crippen LogP contribution >= 0.6 is 0 Å². The van der Waals surface area contributed by atoms with Crippen molar-refractivity contribution >= 4 is 16.0 Å². The Kier molecular flexibility index (Phi) is 3.79. The molecule has 1 rings (SSSR count). The van der Waals surface area contributed by atoms with Gasteiger partial charge in [0.25, 0.3) is 0 Å². The second-order valence-corrected chi connectivity index (χ2v) is 6.78. The van der Waals surface area contributed by atoms with Gasteiger partial charge in [-0.05, 0) is 18.3 Å². The molecule has 0 saturated carbocycles. The molecule has 1 saturated heterocycles. The highest BCUT2D eigenvalue weighted by Crippen LogP contribution is 2.36. The molecular weight excluding hydrogens is 244 g/mol. The summed E-state index contributed by atoms with van der Waals surface area (Å²) >= 11 is 0. The number of rotatable bonds is 3.